The zero-order valence-corrected chi connectivity index (χ0v) is 16.9. The molecule has 0 radical (unpaired) electrons. The van der Waals surface area contributed by atoms with Crippen LogP contribution in [-0.2, 0) is 21.4 Å². The third-order valence-corrected chi connectivity index (χ3v) is 5.28. The molecule has 27 heavy (non-hydrogen) atoms. The number of sulfonamides is 1. The first-order chi connectivity index (χ1) is 12.7. The topological polar surface area (TPSA) is 75.7 Å². The molecule has 2 aromatic carbocycles. The van der Waals surface area contributed by atoms with E-state index < -0.39 is 16.1 Å². The van der Waals surface area contributed by atoms with Crippen LogP contribution in [0.4, 0.5) is 5.69 Å². The predicted molar refractivity (Wildman–Crippen MR) is 107 cm³/mol. The monoisotopic (exact) mass is 390 g/mol. The molecule has 0 spiro atoms. The van der Waals surface area contributed by atoms with Gasteiger partial charge in [0.05, 0.1) is 18.6 Å². The van der Waals surface area contributed by atoms with Crippen molar-refractivity contribution >= 4 is 21.6 Å². The van der Waals surface area contributed by atoms with Crippen molar-refractivity contribution in [2.24, 2.45) is 0 Å². The van der Waals surface area contributed by atoms with Crippen molar-refractivity contribution in [1.29, 1.82) is 0 Å². The van der Waals surface area contributed by atoms with Gasteiger partial charge >= 0.3 is 0 Å². The Morgan fingerprint density at radius 3 is 2.41 bits per heavy atom. The minimum atomic E-state index is -3.65. The van der Waals surface area contributed by atoms with E-state index in [0.717, 1.165) is 21.7 Å². The Hall–Kier alpha value is -2.54. The number of nitrogens with zero attached hydrogens (tertiary/aromatic N) is 1. The van der Waals surface area contributed by atoms with E-state index in [1.165, 1.54) is 0 Å². The summed E-state index contributed by atoms with van der Waals surface area (Å²) in [6, 6.07) is 13.6. The summed E-state index contributed by atoms with van der Waals surface area (Å²) in [5.41, 5.74) is 2.48. The molecular formula is C20H26N2O4S. The third-order valence-electron chi connectivity index (χ3n) is 4.04. The van der Waals surface area contributed by atoms with E-state index in [1.807, 2.05) is 38.1 Å². The predicted octanol–water partition coefficient (Wildman–Crippen LogP) is 2.86. The van der Waals surface area contributed by atoms with Crippen molar-refractivity contribution in [3.8, 4) is 5.75 Å². The summed E-state index contributed by atoms with van der Waals surface area (Å²) < 4.78 is 31.1. The van der Waals surface area contributed by atoms with E-state index in [4.69, 9.17) is 4.74 Å². The highest BCUT2D eigenvalue weighted by molar-refractivity contribution is 7.92. The quantitative estimate of drug-likeness (QED) is 0.752. The normalized spacial score (nSPS) is 12.3. The Bertz CT molecular complexity index is 879. The third kappa shape index (κ3) is 5.72. The summed E-state index contributed by atoms with van der Waals surface area (Å²) >= 11 is 0. The van der Waals surface area contributed by atoms with E-state index >= 15 is 0 Å². The van der Waals surface area contributed by atoms with Gasteiger partial charge in [-0.15, -0.1) is 0 Å². The largest absolute Gasteiger partial charge is 0.494 e. The van der Waals surface area contributed by atoms with Crippen LogP contribution < -0.4 is 14.4 Å². The molecule has 2 aromatic rings. The number of rotatable bonds is 8. The molecule has 2 rings (SSSR count). The van der Waals surface area contributed by atoms with E-state index in [-0.39, 0.29) is 5.91 Å². The molecule has 1 atom stereocenters. The van der Waals surface area contributed by atoms with Crippen LogP contribution in [0.1, 0.15) is 25.0 Å². The molecule has 0 unspecified atom stereocenters. The van der Waals surface area contributed by atoms with Crippen molar-refractivity contribution in [2.75, 3.05) is 17.2 Å². The lowest BCUT2D eigenvalue weighted by Crippen LogP contribution is -2.47. The molecule has 0 saturated carbocycles. The Labute approximate surface area is 161 Å². The second-order valence-electron chi connectivity index (χ2n) is 6.37. The van der Waals surface area contributed by atoms with Crippen molar-refractivity contribution in [1.82, 2.24) is 5.32 Å². The van der Waals surface area contributed by atoms with Crippen LogP contribution >= 0.6 is 0 Å². The van der Waals surface area contributed by atoms with Gasteiger partial charge in [-0.1, -0.05) is 29.8 Å². The fourth-order valence-corrected chi connectivity index (χ4v) is 4.00. The molecule has 0 aliphatic carbocycles. The van der Waals surface area contributed by atoms with Gasteiger partial charge in [0, 0.05) is 6.54 Å². The van der Waals surface area contributed by atoms with Crippen molar-refractivity contribution in [3.63, 3.8) is 0 Å². The number of aryl methyl sites for hydroxylation is 1. The summed E-state index contributed by atoms with van der Waals surface area (Å²) in [5.74, 6) is 0.280. The highest BCUT2D eigenvalue weighted by Gasteiger charge is 2.29. The van der Waals surface area contributed by atoms with Crippen LogP contribution in [0.2, 0.25) is 0 Å². The van der Waals surface area contributed by atoms with E-state index in [9.17, 15) is 13.2 Å². The summed E-state index contributed by atoms with van der Waals surface area (Å²) in [5, 5.41) is 2.81. The van der Waals surface area contributed by atoms with Gasteiger partial charge in [0.2, 0.25) is 15.9 Å². The average Bonchev–Trinajstić information content (AvgIpc) is 2.60. The highest BCUT2D eigenvalue weighted by atomic mass is 32.2. The van der Waals surface area contributed by atoms with Crippen LogP contribution in [0.5, 0.6) is 5.75 Å². The number of carbonyl (C=O) groups is 1. The van der Waals surface area contributed by atoms with Crippen molar-refractivity contribution in [2.45, 2.75) is 33.4 Å². The first-order valence-corrected chi connectivity index (χ1v) is 10.6. The molecule has 0 aromatic heterocycles. The van der Waals surface area contributed by atoms with Crippen LogP contribution in [0.3, 0.4) is 0 Å². The minimum absolute atomic E-state index is 0.339. The van der Waals surface area contributed by atoms with Crippen LogP contribution in [-0.4, -0.2) is 33.2 Å². The molecule has 6 nitrogen and oxygen atoms in total. The maximum atomic E-state index is 12.6. The van der Waals surface area contributed by atoms with E-state index in [0.29, 0.717) is 24.6 Å². The molecule has 7 heteroatoms. The molecule has 1 N–H and O–H groups in total. The molecule has 0 fully saturated rings. The minimum Gasteiger partial charge on any atom is -0.494 e. The SMILES string of the molecule is CCOc1ccc(N([C@H](C)C(=O)NCc2cccc(C)c2)S(C)(=O)=O)cc1. The highest BCUT2D eigenvalue weighted by Crippen LogP contribution is 2.24. The molecule has 146 valence electrons. The number of ether oxygens (including phenoxy) is 1. The van der Waals surface area contributed by atoms with Crippen LogP contribution in [0.15, 0.2) is 48.5 Å². The average molecular weight is 391 g/mol. The second kappa shape index (κ2) is 8.90. The van der Waals surface area contributed by atoms with Gasteiger partial charge in [0.1, 0.15) is 11.8 Å². The zero-order valence-electron chi connectivity index (χ0n) is 16.1. The standard InChI is InChI=1S/C20H26N2O4S/c1-5-26-19-11-9-18(10-12-19)22(27(4,24)25)16(3)20(23)21-14-17-8-6-7-15(2)13-17/h6-13,16H,5,14H2,1-4H3,(H,21,23)/t16-/m1/s1. The molecule has 0 saturated heterocycles. The fraction of sp³-hybridized carbons (Fsp3) is 0.350. The maximum absolute atomic E-state index is 12.6. The van der Waals surface area contributed by atoms with Gasteiger partial charge < -0.3 is 10.1 Å². The summed E-state index contributed by atoms with van der Waals surface area (Å²) in [6.07, 6.45) is 1.09. The van der Waals surface area contributed by atoms with E-state index in [2.05, 4.69) is 5.32 Å². The van der Waals surface area contributed by atoms with Gasteiger partial charge in [-0.2, -0.15) is 0 Å². The first-order valence-electron chi connectivity index (χ1n) is 8.78. The fourth-order valence-electron chi connectivity index (χ4n) is 2.82. The van der Waals surface area contributed by atoms with Gasteiger partial charge in [-0.05, 0) is 50.6 Å². The van der Waals surface area contributed by atoms with Gasteiger partial charge in [0.25, 0.3) is 0 Å². The lowest BCUT2D eigenvalue weighted by molar-refractivity contribution is -0.122. The number of hydrogen-bond acceptors (Lipinski definition) is 4. The summed E-state index contributed by atoms with van der Waals surface area (Å²) in [7, 11) is -3.65. The van der Waals surface area contributed by atoms with Crippen LogP contribution in [0, 0.1) is 6.92 Å². The molecule has 0 aliphatic rings. The Balaban J connectivity index is 2.16. The van der Waals surface area contributed by atoms with Crippen molar-refractivity contribution < 1.29 is 17.9 Å². The molecular weight excluding hydrogens is 364 g/mol. The lowest BCUT2D eigenvalue weighted by atomic mass is 10.1. The lowest BCUT2D eigenvalue weighted by Gasteiger charge is -2.28. The van der Waals surface area contributed by atoms with Gasteiger partial charge in [-0.25, -0.2) is 8.42 Å². The Morgan fingerprint density at radius 1 is 1.19 bits per heavy atom. The summed E-state index contributed by atoms with van der Waals surface area (Å²) in [6.45, 7) is 6.28. The summed E-state index contributed by atoms with van der Waals surface area (Å²) in [4.78, 5) is 12.6. The smallest absolute Gasteiger partial charge is 0.243 e. The van der Waals surface area contributed by atoms with Crippen molar-refractivity contribution in [3.05, 3.63) is 59.7 Å². The second-order valence-corrected chi connectivity index (χ2v) is 8.23. The number of carbonyl (C=O) groups excluding carboxylic acids is 1. The number of nitrogens with one attached hydrogen (secondary N) is 1. The Morgan fingerprint density at radius 2 is 1.85 bits per heavy atom. The van der Waals surface area contributed by atoms with Gasteiger partial charge in [0.15, 0.2) is 0 Å². The number of hydrogen-bond donors (Lipinski definition) is 1. The molecule has 0 aliphatic heterocycles. The number of benzene rings is 2. The van der Waals surface area contributed by atoms with Gasteiger partial charge in [-0.3, -0.25) is 9.10 Å². The number of anilines is 1. The Kier molecular flexibility index (Phi) is 6.85. The first kappa shape index (κ1) is 20.8. The molecule has 1 amide bonds. The molecule has 0 heterocycles. The van der Waals surface area contributed by atoms with Crippen LogP contribution in [0.25, 0.3) is 0 Å². The van der Waals surface area contributed by atoms with E-state index in [1.54, 1.807) is 31.2 Å². The number of amides is 1. The maximum Gasteiger partial charge on any atom is 0.243 e. The molecule has 0 bridgehead atoms. The zero-order chi connectivity index (χ0) is 20.0.